The third-order valence-corrected chi connectivity index (χ3v) is 4.02. The largest absolute Gasteiger partial charge is 0.497 e. The van der Waals surface area contributed by atoms with Crippen molar-refractivity contribution in [1.29, 1.82) is 0 Å². The van der Waals surface area contributed by atoms with Crippen molar-refractivity contribution in [2.45, 2.75) is 6.92 Å². The molecule has 2 rings (SSSR count). The molecule has 0 aliphatic rings. The molecule has 1 aromatic heterocycles. The first kappa shape index (κ1) is 13.1. The molecule has 3 nitrogen and oxygen atoms in total. The number of rotatable bonds is 3. The number of anilines is 1. The zero-order chi connectivity index (χ0) is 13.1. The smallest absolute Gasteiger partial charge is 0.256 e. The van der Waals surface area contributed by atoms with Crippen molar-refractivity contribution in [2.24, 2.45) is 0 Å². The van der Waals surface area contributed by atoms with Crippen LogP contribution in [0.4, 0.5) is 5.69 Å². The first-order valence-corrected chi connectivity index (χ1v) is 6.97. The first-order valence-electron chi connectivity index (χ1n) is 5.30. The van der Waals surface area contributed by atoms with Gasteiger partial charge in [-0.15, -0.1) is 11.3 Å². The molecule has 0 aliphatic carbocycles. The Bertz CT molecular complexity index is 580. The number of carbonyl (C=O) groups is 1. The van der Waals surface area contributed by atoms with Crippen LogP contribution >= 0.6 is 27.3 Å². The van der Waals surface area contributed by atoms with Crippen LogP contribution in [0.15, 0.2) is 33.4 Å². The summed E-state index contributed by atoms with van der Waals surface area (Å²) in [6.45, 7) is 1.93. The van der Waals surface area contributed by atoms with E-state index in [1.54, 1.807) is 13.2 Å². The van der Waals surface area contributed by atoms with E-state index in [4.69, 9.17) is 4.74 Å². The summed E-state index contributed by atoms with van der Waals surface area (Å²) in [6, 6.07) is 7.36. The van der Waals surface area contributed by atoms with Gasteiger partial charge in [0.2, 0.25) is 0 Å². The van der Waals surface area contributed by atoms with Crippen molar-refractivity contribution in [1.82, 2.24) is 0 Å². The van der Waals surface area contributed by atoms with Gasteiger partial charge >= 0.3 is 0 Å². The van der Waals surface area contributed by atoms with Gasteiger partial charge in [0.05, 0.1) is 16.5 Å². The summed E-state index contributed by atoms with van der Waals surface area (Å²) in [6.07, 6.45) is 0. The molecule has 1 aromatic carbocycles. The normalized spacial score (nSPS) is 10.2. The van der Waals surface area contributed by atoms with Crippen LogP contribution in [0.2, 0.25) is 0 Å². The Balaban J connectivity index is 2.16. The molecule has 1 heterocycles. The summed E-state index contributed by atoms with van der Waals surface area (Å²) in [4.78, 5) is 12.0. The van der Waals surface area contributed by atoms with E-state index in [1.165, 1.54) is 11.3 Å². The minimum Gasteiger partial charge on any atom is -0.497 e. The lowest BCUT2D eigenvalue weighted by atomic mass is 10.2. The maximum Gasteiger partial charge on any atom is 0.256 e. The third kappa shape index (κ3) is 2.91. The molecule has 0 bridgehead atoms. The fraction of sp³-hybridized carbons (Fsp3) is 0.154. The molecule has 0 saturated heterocycles. The third-order valence-electron chi connectivity index (χ3n) is 2.51. The van der Waals surface area contributed by atoms with Gasteiger partial charge in [-0.05, 0) is 52.7 Å². The molecule has 0 aliphatic heterocycles. The minimum absolute atomic E-state index is 0.106. The van der Waals surface area contributed by atoms with Crippen molar-refractivity contribution in [3.8, 4) is 5.75 Å². The van der Waals surface area contributed by atoms with Crippen LogP contribution in [0.1, 0.15) is 15.9 Å². The van der Waals surface area contributed by atoms with Gasteiger partial charge in [-0.1, -0.05) is 0 Å². The number of hydrogen-bond acceptors (Lipinski definition) is 3. The van der Waals surface area contributed by atoms with Crippen molar-refractivity contribution in [3.63, 3.8) is 0 Å². The van der Waals surface area contributed by atoms with E-state index in [2.05, 4.69) is 21.2 Å². The number of nitrogens with one attached hydrogen (secondary N) is 1. The van der Waals surface area contributed by atoms with E-state index in [-0.39, 0.29) is 5.91 Å². The highest BCUT2D eigenvalue weighted by Crippen LogP contribution is 2.24. The molecular formula is C13H12BrNO2S. The SMILES string of the molecule is COc1ccc(NC(=O)c2csc(Br)c2)c(C)c1. The highest BCUT2D eigenvalue weighted by molar-refractivity contribution is 9.11. The van der Waals surface area contributed by atoms with Crippen molar-refractivity contribution in [2.75, 3.05) is 12.4 Å². The molecule has 5 heteroatoms. The second-order valence-corrected chi connectivity index (χ2v) is 6.06. The zero-order valence-electron chi connectivity index (χ0n) is 9.99. The number of aryl methyl sites for hydroxylation is 1. The summed E-state index contributed by atoms with van der Waals surface area (Å²) in [5.41, 5.74) is 2.42. The summed E-state index contributed by atoms with van der Waals surface area (Å²) in [5, 5.41) is 4.70. The predicted octanol–water partition coefficient (Wildman–Crippen LogP) is 4.08. The van der Waals surface area contributed by atoms with Gasteiger partial charge in [-0.3, -0.25) is 4.79 Å². The number of carbonyl (C=O) groups excluding carboxylic acids is 1. The average molecular weight is 326 g/mol. The number of ether oxygens (including phenoxy) is 1. The molecule has 1 N–H and O–H groups in total. The number of hydrogen-bond donors (Lipinski definition) is 1. The molecule has 94 valence electrons. The number of halogens is 1. The Morgan fingerprint density at radius 3 is 2.72 bits per heavy atom. The lowest BCUT2D eigenvalue weighted by Crippen LogP contribution is -2.11. The van der Waals surface area contributed by atoms with Crippen LogP contribution in [0.3, 0.4) is 0 Å². The van der Waals surface area contributed by atoms with Gasteiger partial charge in [-0.2, -0.15) is 0 Å². The van der Waals surface area contributed by atoms with Gasteiger partial charge < -0.3 is 10.1 Å². The number of methoxy groups -OCH3 is 1. The first-order chi connectivity index (χ1) is 8.60. The summed E-state index contributed by atoms with van der Waals surface area (Å²) < 4.78 is 6.07. The molecule has 0 radical (unpaired) electrons. The highest BCUT2D eigenvalue weighted by Gasteiger charge is 2.09. The van der Waals surface area contributed by atoms with E-state index in [0.717, 1.165) is 20.8 Å². The van der Waals surface area contributed by atoms with Crippen molar-refractivity contribution < 1.29 is 9.53 Å². The zero-order valence-corrected chi connectivity index (χ0v) is 12.4. The van der Waals surface area contributed by atoms with E-state index in [9.17, 15) is 4.79 Å². The van der Waals surface area contributed by atoms with Gasteiger partial charge in [0.25, 0.3) is 5.91 Å². The van der Waals surface area contributed by atoms with E-state index in [0.29, 0.717) is 5.56 Å². The minimum atomic E-state index is -0.106. The Kier molecular flexibility index (Phi) is 4.04. The van der Waals surface area contributed by atoms with Gasteiger partial charge in [0, 0.05) is 11.1 Å². The predicted molar refractivity (Wildman–Crippen MR) is 77.7 cm³/mol. The van der Waals surface area contributed by atoms with E-state index < -0.39 is 0 Å². The van der Waals surface area contributed by atoms with Crippen LogP contribution in [-0.2, 0) is 0 Å². The van der Waals surface area contributed by atoms with Gasteiger partial charge in [0.1, 0.15) is 5.75 Å². The van der Waals surface area contributed by atoms with Crippen LogP contribution in [0.25, 0.3) is 0 Å². The summed E-state index contributed by atoms with van der Waals surface area (Å²) in [7, 11) is 1.62. The fourth-order valence-corrected chi connectivity index (χ4v) is 2.66. The van der Waals surface area contributed by atoms with Crippen molar-refractivity contribution in [3.05, 3.63) is 44.6 Å². The average Bonchev–Trinajstić information content (AvgIpc) is 2.78. The quantitative estimate of drug-likeness (QED) is 0.923. The molecular weight excluding hydrogens is 314 g/mol. The Morgan fingerprint density at radius 2 is 2.17 bits per heavy atom. The van der Waals surface area contributed by atoms with Gasteiger partial charge in [0.15, 0.2) is 0 Å². The molecule has 0 unspecified atom stereocenters. The maximum atomic E-state index is 12.0. The Hall–Kier alpha value is -1.33. The molecule has 0 spiro atoms. The maximum absolute atomic E-state index is 12.0. The molecule has 0 atom stereocenters. The van der Waals surface area contributed by atoms with Crippen LogP contribution in [0, 0.1) is 6.92 Å². The van der Waals surface area contributed by atoms with Crippen LogP contribution in [-0.4, -0.2) is 13.0 Å². The second-order valence-electron chi connectivity index (χ2n) is 3.77. The standard InChI is InChI=1S/C13H12BrNO2S/c1-8-5-10(17-2)3-4-11(8)15-13(16)9-6-12(14)18-7-9/h3-7H,1-2H3,(H,15,16). The fourth-order valence-electron chi connectivity index (χ4n) is 1.53. The van der Waals surface area contributed by atoms with Gasteiger partial charge in [-0.25, -0.2) is 0 Å². The highest BCUT2D eigenvalue weighted by atomic mass is 79.9. The number of thiophene rings is 1. The molecule has 0 fully saturated rings. The van der Waals surface area contributed by atoms with E-state index >= 15 is 0 Å². The van der Waals surface area contributed by atoms with Crippen LogP contribution in [0.5, 0.6) is 5.75 Å². The molecule has 18 heavy (non-hydrogen) atoms. The lowest BCUT2D eigenvalue weighted by molar-refractivity contribution is 0.102. The van der Waals surface area contributed by atoms with Crippen molar-refractivity contribution >= 4 is 38.9 Å². The topological polar surface area (TPSA) is 38.3 Å². The van der Waals surface area contributed by atoms with E-state index in [1.807, 2.05) is 30.5 Å². The monoisotopic (exact) mass is 325 g/mol. The summed E-state index contributed by atoms with van der Waals surface area (Å²) >= 11 is 4.83. The molecule has 0 saturated carbocycles. The molecule has 2 aromatic rings. The lowest BCUT2D eigenvalue weighted by Gasteiger charge is -2.09. The molecule has 1 amide bonds. The summed E-state index contributed by atoms with van der Waals surface area (Å²) in [5.74, 6) is 0.675. The Labute approximate surface area is 118 Å². The Morgan fingerprint density at radius 1 is 1.39 bits per heavy atom. The number of benzene rings is 1. The van der Waals surface area contributed by atoms with Crippen LogP contribution < -0.4 is 10.1 Å². The number of amides is 1. The second kappa shape index (κ2) is 5.54.